The predicted molar refractivity (Wildman–Crippen MR) is 108 cm³/mol. The van der Waals surface area contributed by atoms with Gasteiger partial charge in [0, 0.05) is 12.7 Å². The summed E-state index contributed by atoms with van der Waals surface area (Å²) < 4.78 is 17.2. The smallest absolute Gasteiger partial charge is 0.293 e. The highest BCUT2D eigenvalue weighted by Crippen LogP contribution is 2.41. The van der Waals surface area contributed by atoms with Gasteiger partial charge in [0.25, 0.3) is 1.43 Å². The molecule has 0 heterocycles. The Bertz CT molecular complexity index is 944. The van der Waals surface area contributed by atoms with Crippen molar-refractivity contribution in [2.45, 2.75) is 10.1 Å². The summed E-state index contributed by atoms with van der Waals surface area (Å²) in [5, 5.41) is 14.0. The number of carbonyl (C=O) groups is 1. The van der Waals surface area contributed by atoms with Gasteiger partial charge in [-0.15, -0.1) is 11.8 Å². The Morgan fingerprint density at radius 2 is 1.79 bits per heavy atom. The molecule has 3 aromatic rings. The van der Waals surface area contributed by atoms with Gasteiger partial charge in [0.1, 0.15) is 17.2 Å². The molecule has 0 bridgehead atoms. The fourth-order valence-electron chi connectivity index (χ4n) is 2.59. The Morgan fingerprint density at radius 1 is 1.07 bits per heavy atom. The van der Waals surface area contributed by atoms with Crippen molar-refractivity contribution in [3.63, 3.8) is 0 Å². The summed E-state index contributed by atoms with van der Waals surface area (Å²) in [6.07, 6.45) is 0. The summed E-state index contributed by atoms with van der Waals surface area (Å²) in [6, 6.07) is 20.5. The predicted octanol–water partition coefficient (Wildman–Crippen LogP) is 4.80. The Hall–Kier alpha value is -2.96. The van der Waals surface area contributed by atoms with Gasteiger partial charge >= 0.3 is 0 Å². The third-order valence-corrected chi connectivity index (χ3v) is 5.33. The number of hydrogen-bond acceptors (Lipinski definition) is 6. The third-order valence-electron chi connectivity index (χ3n) is 4.01. The van der Waals surface area contributed by atoms with Gasteiger partial charge in [0.15, 0.2) is 12.6 Å². The van der Waals surface area contributed by atoms with Crippen LogP contribution in [-0.4, -0.2) is 31.3 Å². The number of ether oxygens (including phenoxy) is 2. The second-order valence-corrected chi connectivity index (χ2v) is 7.12. The molecule has 0 amide bonds. The van der Waals surface area contributed by atoms with Crippen LogP contribution in [0.3, 0.4) is 0 Å². The van der Waals surface area contributed by atoms with Crippen molar-refractivity contribution in [3.05, 3.63) is 83.9 Å². The molecule has 1 atom stereocenters. The van der Waals surface area contributed by atoms with Crippen molar-refractivity contribution in [1.82, 2.24) is 0 Å². The van der Waals surface area contributed by atoms with Crippen LogP contribution in [0.25, 0.3) is 0 Å². The zero-order valence-electron chi connectivity index (χ0n) is 16.2. The van der Waals surface area contributed by atoms with E-state index in [0.29, 0.717) is 22.0 Å². The molecule has 6 heteroatoms. The molecule has 0 aliphatic carbocycles. The molecule has 3 aromatic carbocycles. The maximum atomic E-state index is 13.3. The first kappa shape index (κ1) is 18.4. The van der Waals surface area contributed by atoms with E-state index in [2.05, 4.69) is 5.11 Å². The van der Waals surface area contributed by atoms with Gasteiger partial charge in [-0.25, -0.2) is 0 Å². The maximum Gasteiger partial charge on any atom is 0.293 e. The van der Waals surface area contributed by atoms with Crippen LogP contribution in [0.15, 0.2) is 77.7 Å². The van der Waals surface area contributed by atoms with E-state index in [1.54, 1.807) is 66.7 Å². The average Bonchev–Trinajstić information content (AvgIpc) is 2.77. The number of phenolic OH excluding ortho intramolecular Hbond substituents is 2. The molecule has 0 aliphatic heterocycles. The number of methoxy groups -OCH3 is 1. The topological polar surface area (TPSA) is 76.0 Å². The lowest BCUT2D eigenvalue weighted by molar-refractivity contribution is 0.0511. The lowest BCUT2D eigenvalue weighted by atomic mass is 10.0. The highest BCUT2D eigenvalue weighted by Gasteiger charge is 2.24. The lowest BCUT2D eigenvalue weighted by Crippen LogP contribution is -2.10. The van der Waals surface area contributed by atoms with Crippen LogP contribution >= 0.6 is 11.8 Å². The molecule has 0 saturated carbocycles. The van der Waals surface area contributed by atoms with E-state index in [1.807, 2.05) is 6.07 Å². The Balaban J connectivity index is 1.90. The number of aromatic hydroxyl groups is 2. The normalized spacial score (nSPS) is 12.1. The van der Waals surface area contributed by atoms with Gasteiger partial charge in [-0.2, -0.15) is 0 Å². The molecule has 28 heavy (non-hydrogen) atoms. The SMILES string of the molecule is [3H]Oc1ccc(C(Sc2ccccc2O)C(=O)c2ccc(OCOC)cc2)cc1. The minimum Gasteiger partial charge on any atom is -0.508 e. The van der Waals surface area contributed by atoms with Crippen molar-refractivity contribution in [2.24, 2.45) is 0 Å². The number of benzene rings is 3. The van der Waals surface area contributed by atoms with E-state index in [9.17, 15) is 9.90 Å². The fraction of sp³-hybridized carbons (Fsp3) is 0.136. The van der Waals surface area contributed by atoms with Crippen molar-refractivity contribution in [1.29, 1.82) is 1.43 Å². The van der Waals surface area contributed by atoms with Crippen molar-refractivity contribution >= 4 is 17.5 Å². The first-order valence-corrected chi connectivity index (χ1v) is 9.44. The Morgan fingerprint density at radius 3 is 2.43 bits per heavy atom. The molecule has 5 nitrogen and oxygen atoms in total. The van der Waals surface area contributed by atoms with Crippen LogP contribution in [0.5, 0.6) is 17.2 Å². The van der Waals surface area contributed by atoms with E-state index in [1.165, 1.54) is 18.9 Å². The Labute approximate surface area is 169 Å². The quantitative estimate of drug-likeness (QED) is 0.306. The van der Waals surface area contributed by atoms with Gasteiger partial charge in [-0.1, -0.05) is 24.3 Å². The summed E-state index contributed by atoms with van der Waals surface area (Å²) in [5.74, 6) is 0.984. The van der Waals surface area contributed by atoms with Crippen LogP contribution in [0.1, 0.15) is 21.2 Å². The lowest BCUT2D eigenvalue weighted by Gasteiger charge is -2.17. The maximum absolute atomic E-state index is 13.3. The third kappa shape index (κ3) is 4.85. The molecule has 0 aliphatic rings. The van der Waals surface area contributed by atoms with E-state index in [4.69, 9.17) is 10.9 Å². The number of rotatable bonds is 9. The first-order valence-electron chi connectivity index (χ1n) is 8.97. The standard InChI is InChI=1S/C22H20O5S/c1-26-14-27-18-12-8-15(9-13-18)21(25)22(16-6-10-17(23)11-7-16)28-20-5-3-2-4-19(20)24/h2-13,22-24H,14H2,1H3/i/hT. The molecule has 3 rings (SSSR count). The van der Waals surface area contributed by atoms with E-state index in [0.717, 1.165) is 5.56 Å². The molecule has 0 spiro atoms. The number of phenols is 2. The molecule has 1 unspecified atom stereocenters. The number of thioether (sulfide) groups is 1. The van der Waals surface area contributed by atoms with Crippen molar-refractivity contribution in [3.8, 4) is 17.2 Å². The zero-order chi connectivity index (χ0) is 20.6. The molecule has 144 valence electrons. The summed E-state index contributed by atoms with van der Waals surface area (Å²) in [5.41, 5.74) is 1.26. The summed E-state index contributed by atoms with van der Waals surface area (Å²) in [6.45, 7) is 0.128. The van der Waals surface area contributed by atoms with E-state index >= 15 is 0 Å². The van der Waals surface area contributed by atoms with E-state index < -0.39 is 5.25 Å². The number of para-hydroxylation sites is 1. The molecule has 0 aromatic heterocycles. The molecule has 0 saturated heterocycles. The van der Waals surface area contributed by atoms with Crippen LogP contribution in [-0.2, 0) is 4.74 Å². The largest absolute Gasteiger partial charge is 0.508 e. The average molecular weight is 398 g/mol. The number of carbonyl (C=O) groups excluding carboxylic acids is 1. The molecule has 0 fully saturated rings. The number of ketones is 1. The van der Waals surface area contributed by atoms with Gasteiger partial charge in [-0.05, 0) is 54.1 Å². The first-order chi connectivity index (χ1) is 14.1. The highest BCUT2D eigenvalue weighted by atomic mass is 32.2. The van der Waals surface area contributed by atoms with Crippen LogP contribution in [0.4, 0.5) is 0 Å². The van der Waals surface area contributed by atoms with Gasteiger partial charge in [-0.3, -0.25) is 4.79 Å². The van der Waals surface area contributed by atoms with Crippen LogP contribution in [0.2, 0.25) is 0 Å². The molecule has 2 N–H and O–H groups in total. The highest BCUT2D eigenvalue weighted by molar-refractivity contribution is 8.00. The monoisotopic (exact) mass is 398 g/mol. The molecular weight excluding hydrogens is 376 g/mol. The van der Waals surface area contributed by atoms with E-state index in [-0.39, 0.29) is 18.3 Å². The number of Topliss-reactive ketones (excluding diaryl/α,β-unsaturated/α-hetero) is 1. The van der Waals surface area contributed by atoms with Gasteiger partial charge < -0.3 is 19.7 Å². The molecule has 0 radical (unpaired) electrons. The minimum absolute atomic E-state index is 0.115. The summed E-state index contributed by atoms with van der Waals surface area (Å²) in [4.78, 5) is 13.9. The molecular formula is C22H20O5S. The Kier molecular flexibility index (Phi) is 6.11. The van der Waals surface area contributed by atoms with Crippen molar-refractivity contribution < 1.29 is 24.5 Å². The zero-order valence-corrected chi connectivity index (χ0v) is 16.0. The van der Waals surface area contributed by atoms with Crippen LogP contribution in [0, 0.1) is 0 Å². The number of hydrogen-bond donors (Lipinski definition) is 2. The minimum atomic E-state index is -0.589. The second kappa shape index (κ2) is 9.30. The van der Waals surface area contributed by atoms with Crippen LogP contribution < -0.4 is 4.74 Å². The fourth-order valence-corrected chi connectivity index (χ4v) is 3.73. The van der Waals surface area contributed by atoms with Gasteiger partial charge in [0.05, 0.1) is 10.1 Å². The summed E-state index contributed by atoms with van der Waals surface area (Å²) >= 11 is 1.26. The summed E-state index contributed by atoms with van der Waals surface area (Å²) in [7, 11) is 1.54. The second-order valence-electron chi connectivity index (χ2n) is 5.97. The van der Waals surface area contributed by atoms with Crippen molar-refractivity contribution in [2.75, 3.05) is 13.9 Å². The van der Waals surface area contributed by atoms with Gasteiger partial charge in [0.2, 0.25) is 0 Å².